The molecular formula is C20H22N4O2S. The molecule has 1 aliphatic carbocycles. The number of fused-ring (bicyclic) bond motifs is 1. The molecule has 0 radical (unpaired) electrons. The smallest absolute Gasteiger partial charge is 0.212 e. The molecule has 2 heterocycles. The second-order valence-electron chi connectivity index (χ2n) is 6.73. The van der Waals surface area contributed by atoms with Gasteiger partial charge < -0.3 is 10.7 Å². The van der Waals surface area contributed by atoms with Crippen molar-refractivity contribution in [3.05, 3.63) is 47.9 Å². The normalized spacial score (nSPS) is 15.1. The predicted octanol–water partition coefficient (Wildman–Crippen LogP) is 3.89. The molecule has 2 aromatic heterocycles. The van der Waals surface area contributed by atoms with E-state index in [0.717, 1.165) is 30.5 Å². The van der Waals surface area contributed by atoms with Crippen molar-refractivity contribution in [1.82, 2.24) is 15.0 Å². The van der Waals surface area contributed by atoms with Crippen LogP contribution in [0.1, 0.15) is 44.1 Å². The zero-order chi connectivity index (χ0) is 19.0. The molecule has 0 saturated carbocycles. The number of rotatable bonds is 4. The van der Waals surface area contributed by atoms with Gasteiger partial charge in [0.1, 0.15) is 22.1 Å². The summed E-state index contributed by atoms with van der Waals surface area (Å²) in [6.45, 7) is 1.96. The quantitative estimate of drug-likeness (QED) is 0.713. The Morgan fingerprint density at radius 3 is 2.59 bits per heavy atom. The lowest BCUT2D eigenvalue weighted by Crippen LogP contribution is -2.06. The molecule has 7 heteroatoms. The van der Waals surface area contributed by atoms with E-state index in [2.05, 4.69) is 16.0 Å². The average molecular weight is 382 g/mol. The van der Waals surface area contributed by atoms with Crippen molar-refractivity contribution in [2.24, 2.45) is 0 Å². The van der Waals surface area contributed by atoms with Crippen molar-refractivity contribution >= 4 is 32.3 Å². The van der Waals surface area contributed by atoms with Gasteiger partial charge in [-0.25, -0.2) is 18.4 Å². The second-order valence-corrected chi connectivity index (χ2v) is 8.61. The number of nitrogens with two attached hydrogens (primary N) is 1. The third-order valence-electron chi connectivity index (χ3n) is 4.91. The van der Waals surface area contributed by atoms with E-state index in [0.29, 0.717) is 23.3 Å². The standard InChI is InChI=1S/C20H22N4O2S/c1-2-15-22-16(13-9-5-3-6-10-13)17-18(23-15)19(20(21)24-17)27(25,26)14-11-7-4-8-12-14/h4,7-9,11-12,24H,2-3,5-6,10,21H2,1H3. The van der Waals surface area contributed by atoms with Crippen LogP contribution < -0.4 is 5.73 Å². The summed E-state index contributed by atoms with van der Waals surface area (Å²) in [5.74, 6) is 0.724. The van der Waals surface area contributed by atoms with Gasteiger partial charge in [0.05, 0.1) is 16.1 Å². The summed E-state index contributed by atoms with van der Waals surface area (Å²) in [4.78, 5) is 12.5. The fourth-order valence-electron chi connectivity index (χ4n) is 3.54. The number of nitrogens with zero attached hydrogens (tertiary/aromatic N) is 2. The number of hydrogen-bond donors (Lipinski definition) is 2. The van der Waals surface area contributed by atoms with Crippen LogP contribution in [0.15, 0.2) is 46.2 Å². The first-order valence-electron chi connectivity index (χ1n) is 9.20. The molecule has 0 fully saturated rings. The Balaban J connectivity index is 2.01. The highest BCUT2D eigenvalue weighted by Gasteiger charge is 2.28. The highest BCUT2D eigenvalue weighted by Crippen LogP contribution is 2.36. The number of aromatic amines is 1. The number of hydrogen-bond acceptors (Lipinski definition) is 5. The van der Waals surface area contributed by atoms with Gasteiger partial charge >= 0.3 is 0 Å². The van der Waals surface area contributed by atoms with Crippen LogP contribution in [0.5, 0.6) is 0 Å². The van der Waals surface area contributed by atoms with E-state index in [1.54, 1.807) is 30.3 Å². The van der Waals surface area contributed by atoms with Gasteiger partial charge in [-0.15, -0.1) is 0 Å². The highest BCUT2D eigenvalue weighted by molar-refractivity contribution is 7.92. The van der Waals surface area contributed by atoms with Gasteiger partial charge in [0.25, 0.3) is 0 Å². The SMILES string of the molecule is CCc1nc(C2=CCCCC2)c2[nH]c(N)c(S(=O)(=O)c3ccccc3)c2n1. The molecule has 0 saturated heterocycles. The van der Waals surface area contributed by atoms with E-state index in [1.165, 1.54) is 6.42 Å². The highest BCUT2D eigenvalue weighted by atomic mass is 32.2. The lowest BCUT2D eigenvalue weighted by Gasteiger charge is -2.13. The Kier molecular flexibility index (Phi) is 4.47. The topological polar surface area (TPSA) is 102 Å². The van der Waals surface area contributed by atoms with Crippen LogP contribution in [0.25, 0.3) is 16.6 Å². The predicted molar refractivity (Wildman–Crippen MR) is 106 cm³/mol. The van der Waals surface area contributed by atoms with Gasteiger partial charge in [0.2, 0.25) is 9.84 Å². The second kappa shape index (κ2) is 6.81. The first-order chi connectivity index (χ1) is 13.0. The summed E-state index contributed by atoms with van der Waals surface area (Å²) in [6, 6.07) is 8.31. The lowest BCUT2D eigenvalue weighted by molar-refractivity contribution is 0.597. The van der Waals surface area contributed by atoms with Crippen LogP contribution in [0.2, 0.25) is 0 Å². The minimum absolute atomic E-state index is 0.0402. The van der Waals surface area contributed by atoms with Gasteiger partial charge in [-0.05, 0) is 43.4 Å². The summed E-state index contributed by atoms with van der Waals surface area (Å²) >= 11 is 0. The van der Waals surface area contributed by atoms with Gasteiger partial charge in [0.15, 0.2) is 0 Å². The van der Waals surface area contributed by atoms with Gasteiger partial charge in [-0.1, -0.05) is 31.2 Å². The molecule has 3 aromatic rings. The monoisotopic (exact) mass is 382 g/mol. The van der Waals surface area contributed by atoms with Crippen LogP contribution in [0.4, 0.5) is 5.82 Å². The maximum Gasteiger partial charge on any atom is 0.212 e. The van der Waals surface area contributed by atoms with Crippen molar-refractivity contribution in [2.45, 2.75) is 48.8 Å². The molecule has 1 aromatic carbocycles. The van der Waals surface area contributed by atoms with Crippen molar-refractivity contribution < 1.29 is 8.42 Å². The van der Waals surface area contributed by atoms with Crippen LogP contribution in [0.3, 0.4) is 0 Å². The molecule has 0 bridgehead atoms. The molecule has 0 atom stereocenters. The van der Waals surface area contributed by atoms with Crippen molar-refractivity contribution in [1.29, 1.82) is 0 Å². The third kappa shape index (κ3) is 3.02. The van der Waals surface area contributed by atoms with E-state index < -0.39 is 9.84 Å². The number of allylic oxidation sites excluding steroid dienone is 2. The summed E-state index contributed by atoms with van der Waals surface area (Å²) in [7, 11) is -3.79. The number of sulfone groups is 1. The number of H-pyrrole nitrogens is 1. The number of aryl methyl sites for hydroxylation is 1. The zero-order valence-corrected chi connectivity index (χ0v) is 16.0. The lowest BCUT2D eigenvalue weighted by atomic mass is 9.96. The molecular weight excluding hydrogens is 360 g/mol. The van der Waals surface area contributed by atoms with Crippen LogP contribution >= 0.6 is 0 Å². The minimum atomic E-state index is -3.79. The van der Waals surface area contributed by atoms with Crippen molar-refractivity contribution in [3.8, 4) is 0 Å². The van der Waals surface area contributed by atoms with E-state index in [9.17, 15) is 8.42 Å². The molecule has 140 valence electrons. The average Bonchev–Trinajstić information content (AvgIpc) is 3.04. The summed E-state index contributed by atoms with van der Waals surface area (Å²) < 4.78 is 26.5. The Morgan fingerprint density at radius 2 is 1.93 bits per heavy atom. The van der Waals surface area contributed by atoms with Crippen LogP contribution in [0, 0.1) is 0 Å². The van der Waals surface area contributed by atoms with Gasteiger partial charge in [-0.3, -0.25) is 0 Å². The van der Waals surface area contributed by atoms with E-state index >= 15 is 0 Å². The molecule has 0 aliphatic heterocycles. The Bertz CT molecular complexity index is 1130. The van der Waals surface area contributed by atoms with E-state index in [4.69, 9.17) is 10.7 Å². The number of nitrogen functional groups attached to an aromatic ring is 1. The number of benzene rings is 1. The summed E-state index contributed by atoms with van der Waals surface area (Å²) in [6.07, 6.45) is 7.00. The molecule has 0 spiro atoms. The first kappa shape index (κ1) is 17.7. The first-order valence-corrected chi connectivity index (χ1v) is 10.7. The molecule has 4 rings (SSSR count). The van der Waals surface area contributed by atoms with E-state index in [-0.39, 0.29) is 15.6 Å². The fourth-order valence-corrected chi connectivity index (χ4v) is 5.04. The van der Waals surface area contributed by atoms with E-state index in [1.807, 2.05) is 6.92 Å². The molecule has 6 nitrogen and oxygen atoms in total. The molecule has 0 amide bonds. The summed E-state index contributed by atoms with van der Waals surface area (Å²) in [5.41, 5.74) is 9.04. The Morgan fingerprint density at radius 1 is 1.15 bits per heavy atom. The molecule has 3 N–H and O–H groups in total. The molecule has 1 aliphatic rings. The van der Waals surface area contributed by atoms with Gasteiger partial charge in [0, 0.05) is 6.42 Å². The molecule has 0 unspecified atom stereocenters. The number of nitrogens with one attached hydrogen (secondary N) is 1. The molecule has 27 heavy (non-hydrogen) atoms. The van der Waals surface area contributed by atoms with Crippen molar-refractivity contribution in [3.63, 3.8) is 0 Å². The maximum atomic E-state index is 13.2. The van der Waals surface area contributed by atoms with Gasteiger partial charge in [-0.2, -0.15) is 0 Å². The van der Waals surface area contributed by atoms with Crippen LogP contribution in [-0.4, -0.2) is 23.4 Å². The largest absolute Gasteiger partial charge is 0.384 e. The Hall–Kier alpha value is -2.67. The number of anilines is 1. The minimum Gasteiger partial charge on any atom is -0.384 e. The number of aromatic nitrogens is 3. The Labute approximate surface area is 158 Å². The zero-order valence-electron chi connectivity index (χ0n) is 15.2. The maximum absolute atomic E-state index is 13.2. The summed E-state index contributed by atoms with van der Waals surface area (Å²) in [5, 5.41) is 0. The van der Waals surface area contributed by atoms with Crippen LogP contribution in [-0.2, 0) is 16.3 Å². The third-order valence-corrected chi connectivity index (χ3v) is 6.75. The fraction of sp³-hybridized carbons (Fsp3) is 0.300. The van der Waals surface area contributed by atoms with Crippen molar-refractivity contribution in [2.75, 3.05) is 5.73 Å².